The first-order chi connectivity index (χ1) is 11.4. The number of anilines is 1. The summed E-state index contributed by atoms with van der Waals surface area (Å²) in [5.74, 6) is -0.318. The predicted molar refractivity (Wildman–Crippen MR) is 82.2 cm³/mol. The van der Waals surface area contributed by atoms with Gasteiger partial charge in [-0.25, -0.2) is 18.3 Å². The first kappa shape index (κ1) is 16.4. The van der Waals surface area contributed by atoms with Gasteiger partial charge in [0.2, 0.25) is 0 Å². The van der Waals surface area contributed by atoms with E-state index >= 15 is 0 Å². The van der Waals surface area contributed by atoms with Gasteiger partial charge in [0.15, 0.2) is 0 Å². The van der Waals surface area contributed by atoms with E-state index in [1.807, 2.05) is 6.92 Å². The standard InChI is InChI=1S/C15H19F2N5O2/c1-4-24-15(23)9-6-18-22-12(13(16)17)5-11(19-14(9)22)10-7-21(3)20-8(10)2/h6-7,11-13,19H,4-5H2,1-3H3/t11-,12-/m0/s1. The third kappa shape index (κ3) is 2.74. The second kappa shape index (κ2) is 6.21. The van der Waals surface area contributed by atoms with E-state index in [2.05, 4.69) is 15.5 Å². The van der Waals surface area contributed by atoms with Crippen molar-refractivity contribution in [1.29, 1.82) is 0 Å². The van der Waals surface area contributed by atoms with Crippen LogP contribution in [0.3, 0.4) is 0 Å². The van der Waals surface area contributed by atoms with E-state index in [9.17, 15) is 13.6 Å². The van der Waals surface area contributed by atoms with Gasteiger partial charge in [-0.2, -0.15) is 10.2 Å². The molecule has 2 atom stereocenters. The summed E-state index contributed by atoms with van der Waals surface area (Å²) in [6.45, 7) is 3.71. The van der Waals surface area contributed by atoms with Gasteiger partial charge in [0, 0.05) is 18.8 Å². The number of ether oxygens (including phenoxy) is 1. The number of alkyl halides is 2. The molecule has 9 heteroatoms. The smallest absolute Gasteiger partial charge is 0.343 e. The fraction of sp³-hybridized carbons (Fsp3) is 0.533. The average molecular weight is 339 g/mol. The van der Waals surface area contributed by atoms with Crippen LogP contribution in [0.2, 0.25) is 0 Å². The lowest BCUT2D eigenvalue weighted by atomic mass is 9.97. The molecule has 1 N–H and O–H groups in total. The molecule has 0 aromatic carbocycles. The zero-order valence-electron chi connectivity index (χ0n) is 13.7. The molecule has 24 heavy (non-hydrogen) atoms. The number of aryl methyl sites for hydroxylation is 2. The van der Waals surface area contributed by atoms with Crippen LogP contribution in [0.4, 0.5) is 14.6 Å². The van der Waals surface area contributed by atoms with Crippen molar-refractivity contribution in [3.8, 4) is 0 Å². The van der Waals surface area contributed by atoms with Gasteiger partial charge < -0.3 is 10.1 Å². The Labute approximate surface area is 137 Å². The van der Waals surface area contributed by atoms with Crippen LogP contribution in [0.25, 0.3) is 0 Å². The van der Waals surface area contributed by atoms with Gasteiger partial charge in [-0.15, -0.1) is 0 Å². The number of carbonyl (C=O) groups excluding carboxylic acids is 1. The quantitative estimate of drug-likeness (QED) is 0.866. The lowest BCUT2D eigenvalue weighted by Crippen LogP contribution is -2.31. The van der Waals surface area contributed by atoms with Crippen LogP contribution >= 0.6 is 0 Å². The topological polar surface area (TPSA) is 74.0 Å². The molecule has 130 valence electrons. The second-order valence-corrected chi connectivity index (χ2v) is 5.75. The SMILES string of the molecule is CCOC(=O)c1cnn2c1N[C@H](c1cn(C)nc1C)C[C@H]2C(F)F. The Morgan fingerprint density at radius 2 is 2.29 bits per heavy atom. The molecule has 3 rings (SSSR count). The highest BCUT2D eigenvalue weighted by Crippen LogP contribution is 2.40. The monoisotopic (exact) mass is 339 g/mol. The second-order valence-electron chi connectivity index (χ2n) is 5.75. The van der Waals surface area contributed by atoms with Gasteiger partial charge in [-0.1, -0.05) is 0 Å². The fourth-order valence-corrected chi connectivity index (χ4v) is 3.06. The molecule has 1 aliphatic heterocycles. The fourth-order valence-electron chi connectivity index (χ4n) is 3.06. The molecule has 3 heterocycles. The van der Waals surface area contributed by atoms with Crippen LogP contribution < -0.4 is 5.32 Å². The van der Waals surface area contributed by atoms with Crippen LogP contribution in [0.1, 0.15) is 47.0 Å². The van der Waals surface area contributed by atoms with Gasteiger partial charge >= 0.3 is 5.97 Å². The highest BCUT2D eigenvalue weighted by molar-refractivity contribution is 5.94. The highest BCUT2D eigenvalue weighted by Gasteiger charge is 2.37. The summed E-state index contributed by atoms with van der Waals surface area (Å²) >= 11 is 0. The van der Waals surface area contributed by atoms with E-state index in [4.69, 9.17) is 4.74 Å². The van der Waals surface area contributed by atoms with Crippen molar-refractivity contribution in [3.05, 3.63) is 29.2 Å². The van der Waals surface area contributed by atoms with Gasteiger partial charge in [0.05, 0.1) is 24.5 Å². The van der Waals surface area contributed by atoms with Crippen molar-refractivity contribution in [3.63, 3.8) is 0 Å². The maximum Gasteiger partial charge on any atom is 0.343 e. The lowest BCUT2D eigenvalue weighted by Gasteiger charge is -2.32. The number of fused-ring (bicyclic) bond motifs is 1. The Bertz CT molecular complexity index is 755. The molecule has 0 saturated carbocycles. The maximum atomic E-state index is 13.5. The number of carbonyl (C=O) groups is 1. The van der Waals surface area contributed by atoms with Crippen molar-refractivity contribution in [2.24, 2.45) is 7.05 Å². The lowest BCUT2D eigenvalue weighted by molar-refractivity contribution is 0.0521. The summed E-state index contributed by atoms with van der Waals surface area (Å²) < 4.78 is 34.9. The molecule has 0 aliphatic carbocycles. The molecular formula is C15H19F2N5O2. The summed E-state index contributed by atoms with van der Waals surface area (Å²) in [6, 6.07) is -1.50. The molecule has 1 aliphatic rings. The molecule has 0 bridgehead atoms. The van der Waals surface area contributed by atoms with Crippen LogP contribution in [0.5, 0.6) is 0 Å². The Kier molecular flexibility index (Phi) is 4.25. The van der Waals surface area contributed by atoms with Crippen LogP contribution in [0, 0.1) is 6.92 Å². The minimum absolute atomic E-state index is 0.154. The van der Waals surface area contributed by atoms with Crippen LogP contribution in [-0.4, -0.2) is 38.6 Å². The molecule has 0 unspecified atom stereocenters. The third-order valence-corrected chi connectivity index (χ3v) is 4.11. The third-order valence-electron chi connectivity index (χ3n) is 4.11. The van der Waals surface area contributed by atoms with Crippen molar-refractivity contribution in [2.75, 3.05) is 11.9 Å². The van der Waals surface area contributed by atoms with E-state index in [-0.39, 0.29) is 30.5 Å². The first-order valence-electron chi connectivity index (χ1n) is 7.71. The summed E-state index contributed by atoms with van der Waals surface area (Å²) in [5.41, 5.74) is 1.74. The zero-order valence-corrected chi connectivity index (χ0v) is 13.7. The largest absolute Gasteiger partial charge is 0.462 e. The van der Waals surface area contributed by atoms with Crippen LogP contribution in [-0.2, 0) is 11.8 Å². The van der Waals surface area contributed by atoms with Crippen molar-refractivity contribution < 1.29 is 18.3 Å². The molecule has 7 nitrogen and oxygen atoms in total. The molecule has 2 aromatic heterocycles. The summed E-state index contributed by atoms with van der Waals surface area (Å²) in [5, 5.41) is 11.4. The number of nitrogens with one attached hydrogen (secondary N) is 1. The zero-order chi connectivity index (χ0) is 17.4. The van der Waals surface area contributed by atoms with E-state index in [1.54, 1.807) is 24.9 Å². The number of rotatable bonds is 4. The Balaban J connectivity index is 2.01. The number of hydrogen-bond acceptors (Lipinski definition) is 5. The molecule has 0 saturated heterocycles. The number of aromatic nitrogens is 4. The van der Waals surface area contributed by atoms with Gasteiger partial charge in [0.1, 0.15) is 17.4 Å². The number of halogens is 2. The molecule has 0 amide bonds. The van der Waals surface area contributed by atoms with E-state index < -0.39 is 18.4 Å². The summed E-state index contributed by atoms with van der Waals surface area (Å²) in [6.07, 6.45) is 0.626. The van der Waals surface area contributed by atoms with Crippen molar-refractivity contribution >= 4 is 11.8 Å². The van der Waals surface area contributed by atoms with Gasteiger partial charge in [0.25, 0.3) is 6.43 Å². The molecular weight excluding hydrogens is 320 g/mol. The predicted octanol–water partition coefficient (Wildman–Crippen LogP) is 2.46. The summed E-state index contributed by atoms with van der Waals surface area (Å²) in [4.78, 5) is 12.0. The minimum Gasteiger partial charge on any atom is -0.462 e. The van der Waals surface area contributed by atoms with Gasteiger partial charge in [-0.3, -0.25) is 4.68 Å². The Morgan fingerprint density at radius 3 is 2.88 bits per heavy atom. The highest BCUT2D eigenvalue weighted by atomic mass is 19.3. The molecule has 0 fully saturated rings. The Morgan fingerprint density at radius 1 is 1.54 bits per heavy atom. The van der Waals surface area contributed by atoms with E-state index in [0.717, 1.165) is 11.3 Å². The average Bonchev–Trinajstić information content (AvgIpc) is 3.09. The summed E-state index contributed by atoms with van der Waals surface area (Å²) in [7, 11) is 1.78. The molecule has 0 spiro atoms. The first-order valence-corrected chi connectivity index (χ1v) is 7.71. The normalized spacial score (nSPS) is 19.9. The Hall–Kier alpha value is -2.45. The van der Waals surface area contributed by atoms with Crippen molar-refractivity contribution in [1.82, 2.24) is 19.6 Å². The van der Waals surface area contributed by atoms with Crippen molar-refractivity contribution in [2.45, 2.75) is 38.8 Å². The van der Waals surface area contributed by atoms with Crippen LogP contribution in [0.15, 0.2) is 12.4 Å². The van der Waals surface area contributed by atoms with Gasteiger partial charge in [-0.05, 0) is 20.3 Å². The molecule has 2 aromatic rings. The number of nitrogens with zero attached hydrogens (tertiary/aromatic N) is 4. The van der Waals surface area contributed by atoms with E-state index in [1.165, 1.54) is 10.9 Å². The number of esters is 1. The van der Waals surface area contributed by atoms with E-state index in [0.29, 0.717) is 0 Å². The minimum atomic E-state index is -2.60. The maximum absolute atomic E-state index is 13.5. The number of hydrogen-bond donors (Lipinski definition) is 1. The molecule has 0 radical (unpaired) electrons.